The Bertz CT molecular complexity index is 895. The third kappa shape index (κ3) is 3.38. The first kappa shape index (κ1) is 17.1. The van der Waals surface area contributed by atoms with E-state index in [1.807, 2.05) is 0 Å². The maximum absolute atomic E-state index is 11.9. The van der Waals surface area contributed by atoms with Crippen LogP contribution >= 0.6 is 0 Å². The Morgan fingerprint density at radius 1 is 1.19 bits per heavy atom. The summed E-state index contributed by atoms with van der Waals surface area (Å²) in [5.41, 5.74) is 0.296. The molecule has 0 amide bonds. The molecule has 10 heteroatoms. The van der Waals surface area contributed by atoms with Gasteiger partial charge in [0, 0.05) is 20.0 Å². The van der Waals surface area contributed by atoms with Crippen molar-refractivity contribution in [2.45, 2.75) is 19.6 Å². The number of carboxylic acid groups (broad SMARTS) is 1. The van der Waals surface area contributed by atoms with Gasteiger partial charge in [-0.25, -0.2) is 14.4 Å². The SMILES string of the molecule is CC1(C)OC(=O)C(=CNc2cc(-n3cnnc3)ccc2C(=O)O)C(=O)O1. The molecule has 2 N–H and O–H groups in total. The topological polar surface area (TPSA) is 133 Å². The monoisotopic (exact) mass is 358 g/mol. The molecule has 0 aliphatic carbocycles. The highest BCUT2D eigenvalue weighted by molar-refractivity contribution is 6.15. The smallest absolute Gasteiger partial charge is 0.350 e. The maximum atomic E-state index is 11.9. The molecule has 2 heterocycles. The van der Waals surface area contributed by atoms with Crippen molar-refractivity contribution in [2.24, 2.45) is 0 Å². The second-order valence-corrected chi connectivity index (χ2v) is 5.79. The summed E-state index contributed by atoms with van der Waals surface area (Å²) in [7, 11) is 0. The summed E-state index contributed by atoms with van der Waals surface area (Å²) in [6, 6.07) is 4.45. The third-order valence-corrected chi connectivity index (χ3v) is 3.44. The molecular weight excluding hydrogens is 344 g/mol. The molecule has 3 rings (SSSR count). The number of nitrogens with zero attached hydrogens (tertiary/aromatic N) is 3. The largest absolute Gasteiger partial charge is 0.478 e. The van der Waals surface area contributed by atoms with E-state index in [1.54, 1.807) is 10.6 Å². The molecule has 0 unspecified atom stereocenters. The normalized spacial score (nSPS) is 15.8. The predicted octanol–water partition coefficient (Wildman–Crippen LogP) is 1.10. The minimum Gasteiger partial charge on any atom is -0.478 e. The molecule has 0 saturated carbocycles. The van der Waals surface area contributed by atoms with Crippen molar-refractivity contribution in [1.29, 1.82) is 0 Å². The van der Waals surface area contributed by atoms with E-state index >= 15 is 0 Å². The number of aromatic carboxylic acids is 1. The highest BCUT2D eigenvalue weighted by Gasteiger charge is 2.39. The average Bonchev–Trinajstić information content (AvgIpc) is 3.07. The van der Waals surface area contributed by atoms with Gasteiger partial charge in [-0.2, -0.15) is 0 Å². The highest BCUT2D eigenvalue weighted by atomic mass is 16.7. The number of carbonyl (C=O) groups is 3. The van der Waals surface area contributed by atoms with Gasteiger partial charge in [0.2, 0.25) is 0 Å². The number of carbonyl (C=O) groups excluding carboxylic acids is 2. The van der Waals surface area contributed by atoms with Gasteiger partial charge in [0.05, 0.1) is 16.9 Å². The van der Waals surface area contributed by atoms with Gasteiger partial charge in [0.1, 0.15) is 12.7 Å². The van der Waals surface area contributed by atoms with Crippen LogP contribution in [0.15, 0.2) is 42.6 Å². The summed E-state index contributed by atoms with van der Waals surface area (Å²) < 4.78 is 11.5. The van der Waals surface area contributed by atoms with Crippen molar-refractivity contribution in [1.82, 2.24) is 14.8 Å². The van der Waals surface area contributed by atoms with Gasteiger partial charge in [-0.3, -0.25) is 4.57 Å². The van der Waals surface area contributed by atoms with Crippen LogP contribution < -0.4 is 5.32 Å². The summed E-state index contributed by atoms with van der Waals surface area (Å²) in [5, 5.41) is 19.3. The highest BCUT2D eigenvalue weighted by Crippen LogP contribution is 2.24. The van der Waals surface area contributed by atoms with Crippen molar-refractivity contribution in [3.63, 3.8) is 0 Å². The fourth-order valence-corrected chi connectivity index (χ4v) is 2.26. The number of carboxylic acids is 1. The van der Waals surface area contributed by atoms with E-state index in [2.05, 4.69) is 15.5 Å². The number of cyclic esters (lactones) is 2. The van der Waals surface area contributed by atoms with Crippen LogP contribution in [0.4, 0.5) is 5.69 Å². The molecular formula is C16H14N4O6. The van der Waals surface area contributed by atoms with E-state index in [0.29, 0.717) is 5.69 Å². The van der Waals surface area contributed by atoms with Crippen molar-refractivity contribution in [3.8, 4) is 5.69 Å². The first-order valence-corrected chi connectivity index (χ1v) is 7.42. The van der Waals surface area contributed by atoms with E-state index < -0.39 is 23.7 Å². The summed E-state index contributed by atoms with van der Waals surface area (Å²) in [4.78, 5) is 35.3. The Balaban J connectivity index is 1.93. The van der Waals surface area contributed by atoms with Crippen molar-refractivity contribution >= 4 is 23.6 Å². The summed E-state index contributed by atoms with van der Waals surface area (Å²) in [6.45, 7) is 2.86. The number of hydrogen-bond acceptors (Lipinski definition) is 8. The van der Waals surface area contributed by atoms with Gasteiger partial charge in [0.25, 0.3) is 5.79 Å². The standard InChI is InChI=1S/C16H14N4O6/c1-16(2)25-14(23)11(15(24)26-16)6-17-12-5-9(20-7-18-19-8-20)3-4-10(12)13(21)22/h3-8,17H,1-2H3,(H,21,22). The zero-order chi connectivity index (χ0) is 18.9. The van der Waals surface area contributed by atoms with Crippen molar-refractivity contribution in [3.05, 3.63) is 48.2 Å². The minimum absolute atomic E-state index is 0.0588. The fourth-order valence-electron chi connectivity index (χ4n) is 2.26. The molecule has 0 radical (unpaired) electrons. The summed E-state index contributed by atoms with van der Waals surface area (Å²) in [6.07, 6.45) is 3.93. The molecule has 1 saturated heterocycles. The molecule has 0 spiro atoms. The first-order valence-electron chi connectivity index (χ1n) is 7.42. The summed E-state index contributed by atoms with van der Waals surface area (Å²) >= 11 is 0. The molecule has 10 nitrogen and oxygen atoms in total. The van der Waals surface area contributed by atoms with Gasteiger partial charge < -0.3 is 19.9 Å². The Morgan fingerprint density at radius 3 is 2.38 bits per heavy atom. The number of benzene rings is 1. The fraction of sp³-hybridized carbons (Fsp3) is 0.188. The van der Waals surface area contributed by atoms with Crippen LogP contribution in [0.2, 0.25) is 0 Å². The van der Waals surface area contributed by atoms with Crippen LogP contribution in [0.5, 0.6) is 0 Å². The molecule has 26 heavy (non-hydrogen) atoms. The van der Waals surface area contributed by atoms with E-state index in [4.69, 9.17) is 9.47 Å². The number of aromatic nitrogens is 3. The molecule has 134 valence electrons. The molecule has 1 fully saturated rings. The quantitative estimate of drug-likeness (QED) is 0.468. The van der Waals surface area contributed by atoms with Crippen LogP contribution in [0.1, 0.15) is 24.2 Å². The number of rotatable bonds is 4. The Labute approximate surface area is 147 Å². The van der Waals surface area contributed by atoms with Gasteiger partial charge in [-0.1, -0.05) is 0 Å². The van der Waals surface area contributed by atoms with E-state index in [1.165, 1.54) is 38.6 Å². The second-order valence-electron chi connectivity index (χ2n) is 5.79. The zero-order valence-electron chi connectivity index (χ0n) is 13.8. The molecule has 1 aliphatic rings. The Kier molecular flexibility index (Phi) is 4.16. The number of nitrogens with one attached hydrogen (secondary N) is 1. The lowest BCUT2D eigenvalue weighted by molar-refractivity contribution is -0.222. The van der Waals surface area contributed by atoms with Gasteiger partial charge >= 0.3 is 17.9 Å². The Morgan fingerprint density at radius 2 is 1.81 bits per heavy atom. The second kappa shape index (κ2) is 6.31. The lowest BCUT2D eigenvalue weighted by Crippen LogP contribution is -2.42. The summed E-state index contributed by atoms with van der Waals surface area (Å²) in [5.74, 6) is -4.28. The van der Waals surface area contributed by atoms with Gasteiger partial charge in [-0.05, 0) is 18.2 Å². The predicted molar refractivity (Wildman–Crippen MR) is 86.3 cm³/mol. The van der Waals surface area contributed by atoms with E-state index in [0.717, 1.165) is 6.20 Å². The lowest BCUT2D eigenvalue weighted by Gasteiger charge is -2.29. The zero-order valence-corrected chi connectivity index (χ0v) is 13.8. The van der Waals surface area contributed by atoms with Crippen LogP contribution in [0, 0.1) is 0 Å². The average molecular weight is 358 g/mol. The van der Waals surface area contributed by atoms with Gasteiger partial charge in [-0.15, -0.1) is 10.2 Å². The number of anilines is 1. The third-order valence-electron chi connectivity index (χ3n) is 3.44. The number of esters is 2. The number of hydrogen-bond donors (Lipinski definition) is 2. The maximum Gasteiger partial charge on any atom is 0.350 e. The molecule has 1 aromatic carbocycles. The molecule has 1 aliphatic heterocycles. The van der Waals surface area contributed by atoms with Crippen molar-refractivity contribution in [2.75, 3.05) is 5.32 Å². The number of ether oxygens (including phenoxy) is 2. The van der Waals surface area contributed by atoms with Crippen LogP contribution in [-0.4, -0.2) is 43.6 Å². The van der Waals surface area contributed by atoms with Crippen LogP contribution in [0.3, 0.4) is 0 Å². The molecule has 0 bridgehead atoms. The van der Waals surface area contributed by atoms with Crippen LogP contribution in [-0.2, 0) is 19.1 Å². The van der Waals surface area contributed by atoms with Crippen molar-refractivity contribution < 1.29 is 29.0 Å². The Hall–Kier alpha value is -3.69. The molecule has 0 atom stereocenters. The van der Waals surface area contributed by atoms with Crippen LogP contribution in [0.25, 0.3) is 5.69 Å². The van der Waals surface area contributed by atoms with E-state index in [9.17, 15) is 19.5 Å². The minimum atomic E-state index is -1.36. The van der Waals surface area contributed by atoms with Gasteiger partial charge in [0.15, 0.2) is 5.57 Å². The molecule has 1 aromatic heterocycles. The van der Waals surface area contributed by atoms with E-state index in [-0.39, 0.29) is 16.8 Å². The molecule has 2 aromatic rings. The lowest BCUT2D eigenvalue weighted by atomic mass is 10.1. The first-order chi connectivity index (χ1) is 12.3.